The highest BCUT2D eigenvalue weighted by Crippen LogP contribution is 2.10. The lowest BCUT2D eigenvalue weighted by Gasteiger charge is -2.06. The zero-order chi connectivity index (χ0) is 15.1. The predicted octanol–water partition coefficient (Wildman–Crippen LogP) is 2.27. The van der Waals surface area contributed by atoms with Crippen molar-refractivity contribution in [1.82, 2.24) is 5.32 Å². The highest BCUT2D eigenvalue weighted by molar-refractivity contribution is 5.76. The maximum Gasteiger partial charge on any atom is 0.220 e. The molecule has 0 aliphatic heterocycles. The second-order valence-corrected chi connectivity index (χ2v) is 5.01. The average Bonchev–Trinajstić information content (AvgIpc) is 2.47. The van der Waals surface area contributed by atoms with Crippen molar-refractivity contribution in [3.8, 4) is 5.75 Å². The number of carbonyl (C=O) groups excluding carboxylic acids is 1. The van der Waals surface area contributed by atoms with Gasteiger partial charge in [-0.15, -0.1) is 0 Å². The van der Waals surface area contributed by atoms with Gasteiger partial charge in [0.25, 0.3) is 0 Å². The number of aromatic hydroxyl groups is 1. The number of hydrogen-bond donors (Lipinski definition) is 3. The van der Waals surface area contributed by atoms with Crippen LogP contribution in [0.3, 0.4) is 0 Å². The second kappa shape index (κ2) is 7.33. The van der Waals surface area contributed by atoms with Crippen molar-refractivity contribution < 1.29 is 9.90 Å². The summed E-state index contributed by atoms with van der Waals surface area (Å²) in [5, 5.41) is 12.1. The lowest BCUT2D eigenvalue weighted by Crippen LogP contribution is -2.25. The van der Waals surface area contributed by atoms with Crippen LogP contribution in [0.25, 0.3) is 0 Å². The number of phenols is 1. The first-order valence-corrected chi connectivity index (χ1v) is 7.02. The van der Waals surface area contributed by atoms with E-state index in [0.29, 0.717) is 19.4 Å². The Balaban J connectivity index is 1.69. The lowest BCUT2D eigenvalue weighted by atomic mass is 10.1. The third-order valence-corrected chi connectivity index (χ3v) is 3.26. The van der Waals surface area contributed by atoms with Gasteiger partial charge in [0.1, 0.15) is 5.75 Å². The van der Waals surface area contributed by atoms with Crippen LogP contribution >= 0.6 is 0 Å². The highest BCUT2D eigenvalue weighted by Gasteiger charge is 2.02. The van der Waals surface area contributed by atoms with Gasteiger partial charge in [-0.05, 0) is 48.2 Å². The second-order valence-electron chi connectivity index (χ2n) is 5.01. The molecule has 0 aliphatic carbocycles. The van der Waals surface area contributed by atoms with Gasteiger partial charge in [0.05, 0.1) is 0 Å². The number of nitrogens with one attached hydrogen (secondary N) is 1. The van der Waals surface area contributed by atoms with Crippen LogP contribution in [0.1, 0.15) is 17.5 Å². The topological polar surface area (TPSA) is 75.4 Å². The van der Waals surface area contributed by atoms with Crippen molar-refractivity contribution in [1.29, 1.82) is 0 Å². The van der Waals surface area contributed by atoms with Crippen molar-refractivity contribution in [3.63, 3.8) is 0 Å². The minimum atomic E-state index is 0.0382. The van der Waals surface area contributed by atoms with E-state index in [1.165, 1.54) is 0 Å². The molecule has 4 nitrogen and oxygen atoms in total. The van der Waals surface area contributed by atoms with Crippen LogP contribution in [0.2, 0.25) is 0 Å². The summed E-state index contributed by atoms with van der Waals surface area (Å²) in [6.45, 7) is 0.598. The standard InChI is InChI=1S/C17H20N2O2/c18-15-3-1-2-14(12-15)6-9-17(21)19-11-10-13-4-7-16(20)8-5-13/h1-5,7-8,12,20H,6,9-11,18H2,(H,19,21). The summed E-state index contributed by atoms with van der Waals surface area (Å²) in [7, 11) is 0. The molecule has 21 heavy (non-hydrogen) atoms. The van der Waals surface area contributed by atoms with Crippen molar-refractivity contribution in [2.24, 2.45) is 0 Å². The van der Waals surface area contributed by atoms with Gasteiger partial charge in [-0.3, -0.25) is 4.79 Å². The first-order chi connectivity index (χ1) is 10.1. The van der Waals surface area contributed by atoms with Gasteiger partial charge in [-0.25, -0.2) is 0 Å². The smallest absolute Gasteiger partial charge is 0.220 e. The number of rotatable bonds is 6. The molecule has 2 aromatic carbocycles. The van der Waals surface area contributed by atoms with E-state index in [2.05, 4.69) is 5.32 Å². The van der Waals surface area contributed by atoms with Gasteiger partial charge in [0.15, 0.2) is 0 Å². The molecular weight excluding hydrogens is 264 g/mol. The third-order valence-electron chi connectivity index (χ3n) is 3.26. The monoisotopic (exact) mass is 284 g/mol. The number of nitrogens with two attached hydrogens (primary N) is 1. The van der Waals surface area contributed by atoms with E-state index in [4.69, 9.17) is 5.73 Å². The van der Waals surface area contributed by atoms with Gasteiger partial charge in [0.2, 0.25) is 5.91 Å². The summed E-state index contributed by atoms with van der Waals surface area (Å²) < 4.78 is 0. The fraction of sp³-hybridized carbons (Fsp3) is 0.235. The van der Waals surface area contributed by atoms with Crippen LogP contribution in [0.15, 0.2) is 48.5 Å². The van der Waals surface area contributed by atoms with Crippen LogP contribution in [0, 0.1) is 0 Å². The van der Waals surface area contributed by atoms with Crippen molar-refractivity contribution in [2.45, 2.75) is 19.3 Å². The Kier molecular flexibility index (Phi) is 5.21. The molecule has 2 aromatic rings. The largest absolute Gasteiger partial charge is 0.508 e. The molecule has 4 N–H and O–H groups in total. The van der Waals surface area contributed by atoms with Gasteiger partial charge < -0.3 is 16.2 Å². The van der Waals surface area contributed by atoms with E-state index in [9.17, 15) is 9.90 Å². The summed E-state index contributed by atoms with van der Waals surface area (Å²) in [5.41, 5.74) is 8.58. The zero-order valence-electron chi connectivity index (χ0n) is 11.9. The minimum Gasteiger partial charge on any atom is -0.508 e. The van der Waals surface area contributed by atoms with E-state index >= 15 is 0 Å². The van der Waals surface area contributed by atoms with E-state index in [1.54, 1.807) is 12.1 Å². The molecule has 0 spiro atoms. The first kappa shape index (κ1) is 14.9. The van der Waals surface area contributed by atoms with Crippen LogP contribution in [0.5, 0.6) is 5.75 Å². The zero-order valence-corrected chi connectivity index (χ0v) is 11.9. The Labute approximate surface area is 124 Å². The summed E-state index contributed by atoms with van der Waals surface area (Å²) >= 11 is 0. The Morgan fingerprint density at radius 2 is 1.81 bits per heavy atom. The SMILES string of the molecule is Nc1cccc(CCC(=O)NCCc2ccc(O)cc2)c1. The Morgan fingerprint density at radius 3 is 2.52 bits per heavy atom. The number of carbonyl (C=O) groups is 1. The van der Waals surface area contributed by atoms with E-state index in [1.807, 2.05) is 36.4 Å². The minimum absolute atomic E-state index is 0.0382. The van der Waals surface area contributed by atoms with Gasteiger partial charge in [-0.2, -0.15) is 0 Å². The molecule has 0 saturated heterocycles. The summed E-state index contributed by atoms with van der Waals surface area (Å²) in [5.74, 6) is 0.293. The molecule has 0 radical (unpaired) electrons. The molecule has 4 heteroatoms. The number of aryl methyl sites for hydroxylation is 1. The molecule has 2 rings (SSSR count). The molecule has 110 valence electrons. The fourth-order valence-electron chi connectivity index (χ4n) is 2.10. The lowest BCUT2D eigenvalue weighted by molar-refractivity contribution is -0.121. The maximum atomic E-state index is 11.8. The molecule has 0 unspecified atom stereocenters. The Hall–Kier alpha value is -2.49. The number of hydrogen-bond acceptors (Lipinski definition) is 3. The fourth-order valence-corrected chi connectivity index (χ4v) is 2.10. The molecule has 0 heterocycles. The molecule has 0 fully saturated rings. The van der Waals surface area contributed by atoms with Crippen LogP contribution in [-0.4, -0.2) is 17.6 Å². The number of nitrogen functional groups attached to an aromatic ring is 1. The van der Waals surface area contributed by atoms with Gasteiger partial charge in [0, 0.05) is 18.7 Å². The molecule has 0 atom stereocenters. The molecule has 0 aromatic heterocycles. The normalized spacial score (nSPS) is 10.3. The molecule has 0 saturated carbocycles. The molecule has 1 amide bonds. The number of benzene rings is 2. The van der Waals surface area contributed by atoms with Gasteiger partial charge in [-0.1, -0.05) is 24.3 Å². The Morgan fingerprint density at radius 1 is 1.05 bits per heavy atom. The van der Waals surface area contributed by atoms with Crippen molar-refractivity contribution >= 4 is 11.6 Å². The van der Waals surface area contributed by atoms with Crippen molar-refractivity contribution in [3.05, 3.63) is 59.7 Å². The van der Waals surface area contributed by atoms with Crippen LogP contribution in [-0.2, 0) is 17.6 Å². The Bertz CT molecular complexity index is 594. The molecular formula is C17H20N2O2. The summed E-state index contributed by atoms with van der Waals surface area (Å²) in [6, 6.07) is 14.6. The average molecular weight is 284 g/mol. The van der Waals surface area contributed by atoms with Crippen LogP contribution in [0.4, 0.5) is 5.69 Å². The summed E-state index contributed by atoms with van der Waals surface area (Å²) in [6.07, 6.45) is 1.90. The van der Waals surface area contributed by atoms with E-state index < -0.39 is 0 Å². The quantitative estimate of drug-likeness (QED) is 0.712. The van der Waals surface area contributed by atoms with Gasteiger partial charge >= 0.3 is 0 Å². The number of phenolic OH excluding ortho intramolecular Hbond substituents is 1. The third kappa shape index (κ3) is 5.18. The van der Waals surface area contributed by atoms with E-state index in [-0.39, 0.29) is 11.7 Å². The predicted molar refractivity (Wildman–Crippen MR) is 84.0 cm³/mol. The molecule has 0 bridgehead atoms. The van der Waals surface area contributed by atoms with Crippen LogP contribution < -0.4 is 11.1 Å². The summed E-state index contributed by atoms with van der Waals surface area (Å²) in [4.78, 5) is 11.8. The van der Waals surface area contributed by atoms with E-state index in [0.717, 1.165) is 23.2 Å². The van der Waals surface area contributed by atoms with Crippen molar-refractivity contribution in [2.75, 3.05) is 12.3 Å². The number of anilines is 1. The highest BCUT2D eigenvalue weighted by atomic mass is 16.3. The number of amides is 1. The first-order valence-electron chi connectivity index (χ1n) is 7.02. The molecule has 0 aliphatic rings. The maximum absolute atomic E-state index is 11.8.